The van der Waals surface area contributed by atoms with E-state index in [-0.39, 0.29) is 12.1 Å². The average molecular weight is 366 g/mol. The van der Waals surface area contributed by atoms with Gasteiger partial charge in [0, 0.05) is 13.1 Å². The van der Waals surface area contributed by atoms with Gasteiger partial charge in [-0.15, -0.1) is 0 Å². The van der Waals surface area contributed by atoms with Gasteiger partial charge in [0.15, 0.2) is 0 Å². The summed E-state index contributed by atoms with van der Waals surface area (Å²) in [6.07, 6.45) is 1.89. The van der Waals surface area contributed by atoms with E-state index in [0.717, 1.165) is 65.4 Å². The number of hydrogen-bond donors (Lipinski definition) is 2. The third-order valence-corrected chi connectivity index (χ3v) is 5.48. The van der Waals surface area contributed by atoms with E-state index in [4.69, 9.17) is 4.98 Å². The zero-order valence-electron chi connectivity index (χ0n) is 16.3. The fourth-order valence-electron chi connectivity index (χ4n) is 4.01. The van der Waals surface area contributed by atoms with Gasteiger partial charge in [0.25, 0.3) is 0 Å². The van der Waals surface area contributed by atoms with Crippen LogP contribution in [-0.4, -0.2) is 37.2 Å². The van der Waals surface area contributed by atoms with Crippen LogP contribution in [0.1, 0.15) is 48.6 Å². The van der Waals surface area contributed by atoms with Crippen molar-refractivity contribution in [1.29, 1.82) is 0 Å². The van der Waals surface area contributed by atoms with Crippen molar-refractivity contribution in [3.05, 3.63) is 41.0 Å². The largest absolute Gasteiger partial charge is 0.340 e. The number of fused-ring (bicyclic) bond motifs is 1. The van der Waals surface area contributed by atoms with Crippen molar-refractivity contribution in [2.75, 3.05) is 11.9 Å². The molecule has 0 radical (unpaired) electrons. The molecule has 1 saturated heterocycles. The van der Waals surface area contributed by atoms with Crippen LogP contribution >= 0.6 is 0 Å². The number of rotatable bonds is 3. The molecule has 2 amide bonds. The lowest BCUT2D eigenvalue weighted by atomic mass is 10.2. The second kappa shape index (κ2) is 6.72. The molecular weight excluding hydrogens is 340 g/mol. The predicted octanol–water partition coefficient (Wildman–Crippen LogP) is 4.07. The zero-order valence-corrected chi connectivity index (χ0v) is 16.3. The summed E-state index contributed by atoms with van der Waals surface area (Å²) in [5, 5.41) is 7.57. The molecule has 1 atom stereocenters. The highest BCUT2D eigenvalue weighted by Crippen LogP contribution is 2.33. The van der Waals surface area contributed by atoms with Crippen molar-refractivity contribution >= 4 is 22.8 Å². The van der Waals surface area contributed by atoms with Crippen LogP contribution in [0.3, 0.4) is 0 Å². The van der Waals surface area contributed by atoms with Gasteiger partial charge in [0.05, 0.1) is 34.2 Å². The van der Waals surface area contributed by atoms with E-state index in [9.17, 15) is 4.79 Å². The number of benzene rings is 1. The minimum Gasteiger partial charge on any atom is -0.340 e. The summed E-state index contributed by atoms with van der Waals surface area (Å²) in [4.78, 5) is 23.1. The first kappa shape index (κ1) is 17.6. The molecule has 0 bridgehead atoms. The van der Waals surface area contributed by atoms with Crippen LogP contribution in [0.25, 0.3) is 11.0 Å². The number of nitrogens with one attached hydrogen (secondary N) is 2. The summed E-state index contributed by atoms with van der Waals surface area (Å²) in [5.41, 5.74) is 5.79. The molecule has 142 valence electrons. The molecule has 1 aliphatic rings. The Bertz CT molecular complexity index is 1000. The minimum atomic E-state index is -0.0865. The molecule has 4 rings (SSSR count). The number of para-hydroxylation sites is 1. The average Bonchev–Trinajstić information content (AvgIpc) is 3.35. The molecular formula is C20H26N6O. The molecule has 3 aromatic rings. The van der Waals surface area contributed by atoms with E-state index in [0.29, 0.717) is 0 Å². The molecule has 2 N–H and O–H groups in total. The van der Waals surface area contributed by atoms with Crippen molar-refractivity contribution in [2.24, 2.45) is 0 Å². The summed E-state index contributed by atoms with van der Waals surface area (Å²) in [7, 11) is 0. The van der Waals surface area contributed by atoms with Crippen LogP contribution in [0.5, 0.6) is 0 Å². The Morgan fingerprint density at radius 1 is 1.33 bits per heavy atom. The van der Waals surface area contributed by atoms with Gasteiger partial charge in [-0.3, -0.25) is 4.68 Å². The second-order valence-electron chi connectivity index (χ2n) is 7.24. The Hall–Kier alpha value is -2.83. The van der Waals surface area contributed by atoms with E-state index in [1.54, 1.807) is 0 Å². The summed E-state index contributed by atoms with van der Waals surface area (Å²) < 4.78 is 1.91. The number of amides is 2. The van der Waals surface area contributed by atoms with Gasteiger partial charge in [-0.1, -0.05) is 12.1 Å². The minimum absolute atomic E-state index is 0.0290. The van der Waals surface area contributed by atoms with E-state index >= 15 is 0 Å². The Morgan fingerprint density at radius 2 is 2.15 bits per heavy atom. The number of carbonyl (C=O) groups is 1. The van der Waals surface area contributed by atoms with Crippen LogP contribution in [0, 0.1) is 20.8 Å². The molecule has 1 aromatic carbocycles. The molecule has 0 saturated carbocycles. The number of carbonyl (C=O) groups excluding carboxylic acids is 1. The quantitative estimate of drug-likeness (QED) is 0.733. The molecule has 1 unspecified atom stereocenters. The van der Waals surface area contributed by atoms with Crippen molar-refractivity contribution < 1.29 is 4.79 Å². The highest BCUT2D eigenvalue weighted by molar-refractivity contribution is 5.91. The summed E-state index contributed by atoms with van der Waals surface area (Å²) in [6.45, 7) is 9.54. The SMILES string of the molecule is CCn1nc(C)c(NC(=O)N2CCCC2c2nc3c(C)cccc3[nH]2)c1C. The lowest BCUT2D eigenvalue weighted by molar-refractivity contribution is 0.205. The van der Waals surface area contributed by atoms with Gasteiger partial charge < -0.3 is 15.2 Å². The number of aromatic nitrogens is 4. The van der Waals surface area contributed by atoms with E-state index in [1.807, 2.05) is 42.5 Å². The highest BCUT2D eigenvalue weighted by Gasteiger charge is 2.33. The van der Waals surface area contributed by atoms with Crippen LogP contribution in [-0.2, 0) is 6.54 Å². The van der Waals surface area contributed by atoms with Crippen molar-refractivity contribution in [2.45, 2.75) is 53.1 Å². The molecule has 1 aliphatic heterocycles. The molecule has 7 nitrogen and oxygen atoms in total. The smallest absolute Gasteiger partial charge is 0.322 e. The van der Waals surface area contributed by atoms with Crippen molar-refractivity contribution in [1.82, 2.24) is 24.6 Å². The normalized spacial score (nSPS) is 17.0. The molecule has 7 heteroatoms. The number of hydrogen-bond acceptors (Lipinski definition) is 3. The third kappa shape index (κ3) is 2.97. The van der Waals surface area contributed by atoms with Crippen LogP contribution < -0.4 is 5.32 Å². The van der Waals surface area contributed by atoms with Gasteiger partial charge >= 0.3 is 6.03 Å². The number of anilines is 1. The number of aryl methyl sites for hydroxylation is 3. The van der Waals surface area contributed by atoms with Crippen molar-refractivity contribution in [3.63, 3.8) is 0 Å². The fourth-order valence-corrected chi connectivity index (χ4v) is 4.01. The number of urea groups is 1. The molecule has 1 fully saturated rings. The van der Waals surface area contributed by atoms with E-state index in [1.165, 1.54) is 0 Å². The highest BCUT2D eigenvalue weighted by atomic mass is 16.2. The number of likely N-dealkylation sites (tertiary alicyclic amines) is 1. The number of aromatic amines is 1. The second-order valence-corrected chi connectivity index (χ2v) is 7.24. The van der Waals surface area contributed by atoms with Crippen molar-refractivity contribution in [3.8, 4) is 0 Å². The van der Waals surface area contributed by atoms with E-state index < -0.39 is 0 Å². The van der Waals surface area contributed by atoms with Crippen LogP contribution in [0.4, 0.5) is 10.5 Å². The first-order valence-electron chi connectivity index (χ1n) is 9.56. The molecule has 0 spiro atoms. The van der Waals surface area contributed by atoms with Gasteiger partial charge in [0.1, 0.15) is 5.82 Å². The number of nitrogens with zero attached hydrogens (tertiary/aromatic N) is 4. The summed E-state index contributed by atoms with van der Waals surface area (Å²) in [6, 6.07) is 6.00. The standard InChI is InChI=1S/C20H26N6O/c1-5-26-14(4)18(13(3)24-26)23-20(27)25-11-7-10-16(25)19-21-15-9-6-8-12(2)17(15)22-19/h6,8-9,16H,5,7,10-11H2,1-4H3,(H,21,22)(H,23,27). The maximum absolute atomic E-state index is 13.0. The molecule has 2 aromatic heterocycles. The Morgan fingerprint density at radius 3 is 2.85 bits per heavy atom. The topological polar surface area (TPSA) is 78.8 Å². The Labute approximate surface area is 158 Å². The maximum atomic E-state index is 13.0. The van der Waals surface area contributed by atoms with Gasteiger partial charge in [0.2, 0.25) is 0 Å². The lowest BCUT2D eigenvalue weighted by Gasteiger charge is -2.23. The lowest BCUT2D eigenvalue weighted by Crippen LogP contribution is -2.35. The maximum Gasteiger partial charge on any atom is 0.322 e. The zero-order chi connectivity index (χ0) is 19.1. The van der Waals surface area contributed by atoms with Gasteiger partial charge in [-0.05, 0) is 52.2 Å². The van der Waals surface area contributed by atoms with Crippen LogP contribution in [0.15, 0.2) is 18.2 Å². The molecule has 0 aliphatic carbocycles. The number of H-pyrrole nitrogens is 1. The Kier molecular flexibility index (Phi) is 4.37. The monoisotopic (exact) mass is 366 g/mol. The fraction of sp³-hybridized carbons (Fsp3) is 0.450. The summed E-state index contributed by atoms with van der Waals surface area (Å²) in [5.74, 6) is 0.865. The van der Waals surface area contributed by atoms with Crippen LogP contribution in [0.2, 0.25) is 0 Å². The predicted molar refractivity (Wildman–Crippen MR) is 106 cm³/mol. The van der Waals surface area contributed by atoms with E-state index in [2.05, 4.69) is 28.4 Å². The van der Waals surface area contributed by atoms with Gasteiger partial charge in [-0.2, -0.15) is 5.10 Å². The van der Waals surface area contributed by atoms with Gasteiger partial charge in [-0.25, -0.2) is 9.78 Å². The Balaban J connectivity index is 1.60. The third-order valence-electron chi connectivity index (χ3n) is 5.48. The first-order chi connectivity index (χ1) is 13.0. The first-order valence-corrected chi connectivity index (χ1v) is 9.56. The molecule has 27 heavy (non-hydrogen) atoms. The summed E-state index contributed by atoms with van der Waals surface area (Å²) >= 11 is 0. The number of imidazole rings is 1. The molecule has 3 heterocycles.